The quantitative estimate of drug-likeness (QED) is 0.835. The largest absolute Gasteiger partial charge is 0.479 e. The topological polar surface area (TPSA) is 95.0 Å². The lowest BCUT2D eigenvalue weighted by Gasteiger charge is -2.26. The van der Waals surface area contributed by atoms with E-state index >= 15 is 0 Å². The summed E-state index contributed by atoms with van der Waals surface area (Å²) in [5, 5.41) is 8.99. The molecule has 7 nitrogen and oxygen atoms in total. The van der Waals surface area contributed by atoms with Crippen molar-refractivity contribution < 1.29 is 27.5 Å². The maximum absolute atomic E-state index is 14.3. The average Bonchev–Trinajstić information content (AvgIpc) is 3.06. The van der Waals surface area contributed by atoms with Crippen LogP contribution in [0.5, 0.6) is 0 Å². The van der Waals surface area contributed by atoms with Crippen LogP contribution in [-0.2, 0) is 14.8 Å². The van der Waals surface area contributed by atoms with Gasteiger partial charge in [0.1, 0.15) is 0 Å². The van der Waals surface area contributed by atoms with Crippen molar-refractivity contribution in [1.29, 1.82) is 0 Å². The number of rotatable bonds is 4. The lowest BCUT2D eigenvalue weighted by atomic mass is 10.1. The standard InChI is InChI=1S/C18H23FN2O5S/c1-13-5-6-14(27(25,26)21-8-3-2-4-9-21)11-15(13)16(22)20-10-7-18(19,12-20)17(23)24/h5-6,11H,2-4,7-10,12H2,1H3,(H,23,24). The Balaban J connectivity index is 1.88. The molecule has 1 atom stereocenters. The van der Waals surface area contributed by atoms with E-state index in [0.29, 0.717) is 18.7 Å². The summed E-state index contributed by atoms with van der Waals surface area (Å²) in [4.78, 5) is 25.0. The minimum Gasteiger partial charge on any atom is -0.479 e. The molecular weight excluding hydrogens is 375 g/mol. The average molecular weight is 398 g/mol. The number of likely N-dealkylation sites (tertiary alicyclic amines) is 1. The zero-order valence-corrected chi connectivity index (χ0v) is 16.0. The fourth-order valence-electron chi connectivity index (χ4n) is 3.54. The number of carboxylic acids is 1. The van der Waals surface area contributed by atoms with Crippen molar-refractivity contribution in [3.63, 3.8) is 0 Å². The molecule has 9 heteroatoms. The minimum absolute atomic E-state index is 0.0236. The monoisotopic (exact) mass is 398 g/mol. The van der Waals surface area contributed by atoms with Crippen LogP contribution in [0.3, 0.4) is 0 Å². The van der Waals surface area contributed by atoms with E-state index in [-0.39, 0.29) is 23.4 Å². The molecule has 1 amide bonds. The van der Waals surface area contributed by atoms with E-state index in [1.807, 2.05) is 0 Å². The number of aryl methyl sites for hydroxylation is 1. The van der Waals surface area contributed by atoms with Crippen molar-refractivity contribution in [1.82, 2.24) is 9.21 Å². The van der Waals surface area contributed by atoms with E-state index in [1.165, 1.54) is 16.4 Å². The van der Waals surface area contributed by atoms with Gasteiger partial charge in [-0.15, -0.1) is 0 Å². The smallest absolute Gasteiger partial charge is 0.343 e. The van der Waals surface area contributed by atoms with Crippen molar-refractivity contribution in [2.45, 2.75) is 43.2 Å². The summed E-state index contributed by atoms with van der Waals surface area (Å²) in [6.45, 7) is 2.01. The van der Waals surface area contributed by atoms with Gasteiger partial charge >= 0.3 is 5.97 Å². The second kappa shape index (κ2) is 7.20. The highest BCUT2D eigenvalue weighted by Crippen LogP contribution is 2.29. The zero-order chi connectivity index (χ0) is 19.8. The predicted molar refractivity (Wildman–Crippen MR) is 95.8 cm³/mol. The third kappa shape index (κ3) is 3.70. The van der Waals surface area contributed by atoms with E-state index in [4.69, 9.17) is 5.11 Å². The van der Waals surface area contributed by atoms with Gasteiger partial charge in [0.2, 0.25) is 15.7 Å². The Morgan fingerprint density at radius 2 is 1.81 bits per heavy atom. The van der Waals surface area contributed by atoms with Crippen molar-refractivity contribution in [2.75, 3.05) is 26.2 Å². The molecule has 2 aliphatic heterocycles. The van der Waals surface area contributed by atoms with Crippen LogP contribution in [0.1, 0.15) is 41.6 Å². The predicted octanol–water partition coefficient (Wildman–Crippen LogP) is 1.81. The first-order valence-electron chi connectivity index (χ1n) is 8.97. The number of halogens is 1. The van der Waals surface area contributed by atoms with Crippen molar-refractivity contribution in [2.24, 2.45) is 0 Å². The van der Waals surface area contributed by atoms with Gasteiger partial charge < -0.3 is 10.0 Å². The summed E-state index contributed by atoms with van der Waals surface area (Å²) in [6, 6.07) is 4.34. The zero-order valence-electron chi connectivity index (χ0n) is 15.1. The first kappa shape index (κ1) is 19.8. The molecule has 27 heavy (non-hydrogen) atoms. The number of benzene rings is 1. The first-order chi connectivity index (χ1) is 12.6. The molecule has 2 saturated heterocycles. The summed E-state index contributed by atoms with van der Waals surface area (Å²) < 4.78 is 41.4. The Labute approximate surface area is 157 Å². The number of alkyl halides is 1. The van der Waals surface area contributed by atoms with Gasteiger partial charge in [-0.1, -0.05) is 12.5 Å². The van der Waals surface area contributed by atoms with Gasteiger partial charge in [-0.05, 0) is 37.5 Å². The molecule has 3 rings (SSSR count). The van der Waals surface area contributed by atoms with Gasteiger partial charge in [-0.2, -0.15) is 4.31 Å². The summed E-state index contributed by atoms with van der Waals surface area (Å²) in [6.07, 6.45) is 2.32. The molecule has 2 aliphatic rings. The van der Waals surface area contributed by atoms with Crippen molar-refractivity contribution in [3.8, 4) is 0 Å². The van der Waals surface area contributed by atoms with Gasteiger partial charge in [0.05, 0.1) is 11.4 Å². The molecule has 2 fully saturated rings. The molecule has 1 N–H and O–H groups in total. The third-order valence-corrected chi connectivity index (χ3v) is 7.18. The number of carboxylic acid groups (broad SMARTS) is 1. The molecule has 0 radical (unpaired) electrons. The lowest BCUT2D eigenvalue weighted by molar-refractivity contribution is -0.149. The molecule has 148 valence electrons. The maximum atomic E-state index is 14.3. The van der Waals surface area contributed by atoms with Crippen LogP contribution < -0.4 is 0 Å². The van der Waals surface area contributed by atoms with E-state index in [1.54, 1.807) is 13.0 Å². The highest BCUT2D eigenvalue weighted by molar-refractivity contribution is 7.89. The van der Waals surface area contributed by atoms with Crippen molar-refractivity contribution in [3.05, 3.63) is 29.3 Å². The highest BCUT2D eigenvalue weighted by Gasteiger charge is 2.47. The van der Waals surface area contributed by atoms with Gasteiger partial charge in [0, 0.05) is 31.6 Å². The normalized spacial score (nSPS) is 24.1. The van der Waals surface area contributed by atoms with Crippen molar-refractivity contribution >= 4 is 21.9 Å². The van der Waals surface area contributed by atoms with Gasteiger partial charge in [-0.25, -0.2) is 17.6 Å². The van der Waals surface area contributed by atoms with Crippen LogP contribution in [0, 0.1) is 6.92 Å². The second-order valence-corrected chi connectivity index (χ2v) is 9.13. The number of hydrogen-bond acceptors (Lipinski definition) is 4. The van der Waals surface area contributed by atoms with Crippen LogP contribution in [0.4, 0.5) is 4.39 Å². The summed E-state index contributed by atoms with van der Waals surface area (Å²) >= 11 is 0. The van der Waals surface area contributed by atoms with Crippen LogP contribution in [0.15, 0.2) is 23.1 Å². The molecule has 0 aliphatic carbocycles. The summed E-state index contributed by atoms with van der Waals surface area (Å²) in [5.41, 5.74) is -1.74. The Morgan fingerprint density at radius 1 is 1.15 bits per heavy atom. The summed E-state index contributed by atoms with van der Waals surface area (Å²) in [5.74, 6) is -2.14. The number of aliphatic carboxylic acids is 1. The molecule has 0 saturated carbocycles. The molecule has 0 bridgehead atoms. The number of carbonyl (C=O) groups excluding carboxylic acids is 1. The Hall–Kier alpha value is -2.00. The Kier molecular flexibility index (Phi) is 5.27. The highest BCUT2D eigenvalue weighted by atomic mass is 32.2. The van der Waals surface area contributed by atoms with Gasteiger partial charge in [0.25, 0.3) is 5.91 Å². The van der Waals surface area contributed by atoms with Gasteiger partial charge in [-0.3, -0.25) is 4.79 Å². The third-order valence-electron chi connectivity index (χ3n) is 5.28. The van der Waals surface area contributed by atoms with Gasteiger partial charge in [0.15, 0.2) is 0 Å². The number of amides is 1. The number of nitrogens with zero attached hydrogens (tertiary/aromatic N) is 2. The lowest BCUT2D eigenvalue weighted by Crippen LogP contribution is -2.39. The molecule has 2 heterocycles. The molecule has 0 aromatic heterocycles. The summed E-state index contributed by atoms with van der Waals surface area (Å²) in [7, 11) is -3.70. The molecule has 1 aromatic rings. The fourth-order valence-corrected chi connectivity index (χ4v) is 5.08. The molecule has 1 unspecified atom stereocenters. The van der Waals surface area contributed by atoms with E-state index in [2.05, 4.69) is 0 Å². The number of carbonyl (C=O) groups is 2. The maximum Gasteiger partial charge on any atom is 0.343 e. The first-order valence-corrected chi connectivity index (χ1v) is 10.4. The molecule has 1 aromatic carbocycles. The fraction of sp³-hybridized carbons (Fsp3) is 0.556. The van der Waals surface area contributed by atoms with Crippen LogP contribution in [-0.4, -0.2) is 66.5 Å². The van der Waals surface area contributed by atoms with Crippen LogP contribution in [0.25, 0.3) is 0 Å². The second-order valence-electron chi connectivity index (χ2n) is 7.19. The number of hydrogen-bond donors (Lipinski definition) is 1. The number of piperidine rings is 1. The number of sulfonamides is 1. The van der Waals surface area contributed by atoms with Crippen LogP contribution >= 0.6 is 0 Å². The molecular formula is C18H23FN2O5S. The molecule has 0 spiro atoms. The van der Waals surface area contributed by atoms with E-state index < -0.39 is 34.1 Å². The van der Waals surface area contributed by atoms with E-state index in [0.717, 1.165) is 24.2 Å². The minimum atomic E-state index is -3.70. The SMILES string of the molecule is Cc1ccc(S(=O)(=O)N2CCCCC2)cc1C(=O)N1CCC(F)(C(=O)O)C1. The Bertz CT molecular complexity index is 867. The Morgan fingerprint density at radius 3 is 2.41 bits per heavy atom. The van der Waals surface area contributed by atoms with E-state index in [9.17, 15) is 22.4 Å². The van der Waals surface area contributed by atoms with Crippen LogP contribution in [0.2, 0.25) is 0 Å².